The maximum Gasteiger partial charge on any atom is 0.175 e. The fraction of sp³-hybridized carbons (Fsp3) is 0.600. The molecular formula is C15H24BrNO3. The van der Waals surface area contributed by atoms with Crippen molar-refractivity contribution in [2.24, 2.45) is 0 Å². The highest BCUT2D eigenvalue weighted by Gasteiger charge is 2.13. The second-order valence-electron chi connectivity index (χ2n) is 4.98. The van der Waals surface area contributed by atoms with Crippen molar-refractivity contribution in [3.63, 3.8) is 0 Å². The van der Waals surface area contributed by atoms with Crippen LogP contribution in [-0.4, -0.2) is 30.5 Å². The van der Waals surface area contributed by atoms with Crippen LogP contribution in [0.2, 0.25) is 0 Å². The van der Waals surface area contributed by atoms with E-state index in [2.05, 4.69) is 21.2 Å². The molecule has 1 aromatic rings. The zero-order chi connectivity index (χ0) is 15.1. The summed E-state index contributed by atoms with van der Waals surface area (Å²) in [6.45, 7) is 9.50. The van der Waals surface area contributed by atoms with Crippen LogP contribution in [0, 0.1) is 0 Å². The topological polar surface area (TPSA) is 50.7 Å². The Morgan fingerprint density at radius 3 is 2.55 bits per heavy atom. The number of hydrogen-bond donors (Lipinski definition) is 2. The first-order valence-electron chi connectivity index (χ1n) is 6.94. The van der Waals surface area contributed by atoms with Gasteiger partial charge in [-0.3, -0.25) is 0 Å². The van der Waals surface area contributed by atoms with E-state index in [-0.39, 0.29) is 12.2 Å². The number of halogens is 1. The van der Waals surface area contributed by atoms with E-state index in [1.807, 2.05) is 32.9 Å². The van der Waals surface area contributed by atoms with Crippen LogP contribution in [0.3, 0.4) is 0 Å². The minimum Gasteiger partial charge on any atom is -0.490 e. The zero-order valence-electron chi connectivity index (χ0n) is 12.6. The molecule has 1 atom stereocenters. The highest BCUT2D eigenvalue weighted by molar-refractivity contribution is 9.10. The Kier molecular flexibility index (Phi) is 7.34. The van der Waals surface area contributed by atoms with Crippen LogP contribution >= 0.6 is 15.9 Å². The number of ether oxygens (including phenoxy) is 2. The molecule has 2 N–H and O–H groups in total. The van der Waals surface area contributed by atoms with Crippen molar-refractivity contribution < 1.29 is 14.6 Å². The van der Waals surface area contributed by atoms with Gasteiger partial charge in [0.25, 0.3) is 0 Å². The minimum absolute atomic E-state index is 0.0877. The predicted octanol–water partition coefficient (Wildman–Crippen LogP) is 3.11. The Labute approximate surface area is 129 Å². The number of rotatable bonds is 8. The van der Waals surface area contributed by atoms with Crippen LogP contribution in [0.25, 0.3) is 0 Å². The third-order valence-corrected chi connectivity index (χ3v) is 3.08. The first-order chi connectivity index (χ1) is 9.43. The van der Waals surface area contributed by atoms with Crippen molar-refractivity contribution in [3.05, 3.63) is 22.2 Å². The third kappa shape index (κ3) is 5.69. The van der Waals surface area contributed by atoms with Gasteiger partial charge in [-0.05, 0) is 61.3 Å². The van der Waals surface area contributed by atoms with E-state index in [0.717, 1.165) is 21.5 Å². The Morgan fingerprint density at radius 2 is 2.00 bits per heavy atom. The quantitative estimate of drug-likeness (QED) is 0.760. The summed E-state index contributed by atoms with van der Waals surface area (Å²) < 4.78 is 12.3. The summed E-state index contributed by atoms with van der Waals surface area (Å²) in [5.74, 6) is 1.48. The fourth-order valence-electron chi connectivity index (χ4n) is 1.76. The average molecular weight is 346 g/mol. The van der Waals surface area contributed by atoms with Gasteiger partial charge >= 0.3 is 0 Å². The van der Waals surface area contributed by atoms with E-state index < -0.39 is 0 Å². The molecule has 0 heterocycles. The van der Waals surface area contributed by atoms with Gasteiger partial charge in [0.15, 0.2) is 11.5 Å². The average Bonchev–Trinajstić information content (AvgIpc) is 2.33. The molecule has 0 aliphatic carbocycles. The van der Waals surface area contributed by atoms with Crippen LogP contribution in [0.4, 0.5) is 0 Å². The number of nitrogens with one attached hydrogen (secondary N) is 1. The molecule has 1 rings (SSSR count). The number of benzene rings is 1. The lowest BCUT2D eigenvalue weighted by Crippen LogP contribution is -2.23. The summed E-state index contributed by atoms with van der Waals surface area (Å²) in [5, 5.41) is 12.4. The van der Waals surface area contributed by atoms with Gasteiger partial charge in [0, 0.05) is 13.1 Å². The van der Waals surface area contributed by atoms with Crippen LogP contribution in [0.1, 0.15) is 33.3 Å². The van der Waals surface area contributed by atoms with Crippen LogP contribution in [-0.2, 0) is 6.54 Å². The second kappa shape index (κ2) is 8.49. The van der Waals surface area contributed by atoms with E-state index in [0.29, 0.717) is 19.7 Å². The molecule has 0 aliphatic rings. The molecule has 0 saturated heterocycles. The van der Waals surface area contributed by atoms with Crippen molar-refractivity contribution >= 4 is 15.9 Å². The lowest BCUT2D eigenvalue weighted by molar-refractivity contribution is 0.191. The molecule has 5 heteroatoms. The molecule has 0 spiro atoms. The Balaban J connectivity index is 2.88. The lowest BCUT2D eigenvalue weighted by Gasteiger charge is -2.17. The van der Waals surface area contributed by atoms with Gasteiger partial charge in [-0.1, -0.05) is 0 Å². The van der Waals surface area contributed by atoms with Gasteiger partial charge in [-0.2, -0.15) is 0 Å². The van der Waals surface area contributed by atoms with Gasteiger partial charge in [0.1, 0.15) is 0 Å². The van der Waals surface area contributed by atoms with Crippen LogP contribution in [0.15, 0.2) is 16.6 Å². The van der Waals surface area contributed by atoms with Gasteiger partial charge in [-0.15, -0.1) is 0 Å². The van der Waals surface area contributed by atoms with Crippen molar-refractivity contribution in [1.29, 1.82) is 0 Å². The van der Waals surface area contributed by atoms with Crippen molar-refractivity contribution in [3.8, 4) is 11.5 Å². The molecule has 0 unspecified atom stereocenters. The van der Waals surface area contributed by atoms with Crippen molar-refractivity contribution in [2.45, 2.75) is 46.4 Å². The smallest absolute Gasteiger partial charge is 0.175 e. The molecule has 20 heavy (non-hydrogen) atoms. The Morgan fingerprint density at radius 1 is 1.30 bits per heavy atom. The molecule has 0 fully saturated rings. The van der Waals surface area contributed by atoms with Crippen LogP contribution in [0.5, 0.6) is 11.5 Å². The van der Waals surface area contributed by atoms with E-state index in [9.17, 15) is 5.11 Å². The molecule has 0 radical (unpaired) electrons. The molecule has 4 nitrogen and oxygen atoms in total. The zero-order valence-corrected chi connectivity index (χ0v) is 14.2. The normalized spacial score (nSPS) is 12.6. The Bertz CT molecular complexity index is 422. The van der Waals surface area contributed by atoms with E-state index >= 15 is 0 Å². The molecule has 0 aromatic heterocycles. The van der Waals surface area contributed by atoms with Gasteiger partial charge in [-0.25, -0.2) is 0 Å². The maximum atomic E-state index is 9.25. The predicted molar refractivity (Wildman–Crippen MR) is 84.5 cm³/mol. The second-order valence-corrected chi connectivity index (χ2v) is 5.84. The molecule has 0 amide bonds. The van der Waals surface area contributed by atoms with Gasteiger partial charge < -0.3 is 19.9 Å². The summed E-state index contributed by atoms with van der Waals surface area (Å²) in [7, 11) is 0. The fourth-order valence-corrected chi connectivity index (χ4v) is 2.34. The first-order valence-corrected chi connectivity index (χ1v) is 7.74. The minimum atomic E-state index is -0.353. The monoisotopic (exact) mass is 345 g/mol. The van der Waals surface area contributed by atoms with Gasteiger partial charge in [0.05, 0.1) is 23.3 Å². The summed E-state index contributed by atoms with van der Waals surface area (Å²) in [4.78, 5) is 0. The summed E-state index contributed by atoms with van der Waals surface area (Å²) in [5.41, 5.74) is 1.08. The van der Waals surface area contributed by atoms with E-state index in [1.165, 1.54) is 0 Å². The molecule has 1 aromatic carbocycles. The summed E-state index contributed by atoms with van der Waals surface area (Å²) in [6, 6.07) is 3.98. The summed E-state index contributed by atoms with van der Waals surface area (Å²) >= 11 is 3.54. The summed E-state index contributed by atoms with van der Waals surface area (Å²) in [6.07, 6.45) is -0.266. The standard InChI is InChI=1S/C15H24BrNO3/c1-5-19-14-7-12(9-17-8-11(4)18)6-13(16)15(14)20-10(2)3/h6-7,10-11,17-18H,5,8-9H2,1-4H3/t11-/m0/s1. The van der Waals surface area contributed by atoms with Crippen molar-refractivity contribution in [1.82, 2.24) is 5.32 Å². The van der Waals surface area contributed by atoms with Crippen LogP contribution < -0.4 is 14.8 Å². The largest absolute Gasteiger partial charge is 0.490 e. The van der Waals surface area contributed by atoms with E-state index in [1.54, 1.807) is 6.92 Å². The SMILES string of the molecule is CCOc1cc(CNC[C@H](C)O)cc(Br)c1OC(C)C. The molecule has 0 bridgehead atoms. The first kappa shape index (κ1) is 17.3. The molecular weight excluding hydrogens is 322 g/mol. The Hall–Kier alpha value is -0.780. The van der Waals surface area contributed by atoms with Crippen molar-refractivity contribution in [2.75, 3.05) is 13.2 Å². The number of aliphatic hydroxyl groups excluding tert-OH is 1. The molecule has 114 valence electrons. The lowest BCUT2D eigenvalue weighted by atomic mass is 10.2. The van der Waals surface area contributed by atoms with E-state index in [4.69, 9.17) is 9.47 Å². The molecule has 0 aliphatic heterocycles. The highest BCUT2D eigenvalue weighted by Crippen LogP contribution is 2.37. The number of aliphatic hydroxyl groups is 1. The van der Waals surface area contributed by atoms with Gasteiger partial charge in [0.2, 0.25) is 0 Å². The maximum absolute atomic E-state index is 9.25. The third-order valence-electron chi connectivity index (χ3n) is 2.49. The highest BCUT2D eigenvalue weighted by atomic mass is 79.9. The molecule has 0 saturated carbocycles. The number of hydrogen-bond acceptors (Lipinski definition) is 4.